The molecule has 3 aromatic carbocycles. The highest BCUT2D eigenvalue weighted by Crippen LogP contribution is 2.33. The Labute approximate surface area is 321 Å². The molecule has 13 nitrogen and oxygen atoms in total. The zero-order chi connectivity index (χ0) is 41.9. The number of aromatic nitrogens is 2. The molecule has 5 aromatic rings. The van der Waals surface area contributed by atoms with Gasteiger partial charge in [0.15, 0.2) is 5.78 Å². The molecule has 0 fully saturated rings. The molecule has 0 saturated heterocycles. The van der Waals surface area contributed by atoms with Gasteiger partial charge in [0, 0.05) is 33.3 Å². The first-order valence-electron chi connectivity index (χ1n) is 18.2. The van der Waals surface area contributed by atoms with Crippen LogP contribution in [0.1, 0.15) is 140 Å². The van der Waals surface area contributed by atoms with Crippen LogP contribution in [-0.4, -0.2) is 59.4 Å². The van der Waals surface area contributed by atoms with Crippen molar-refractivity contribution < 1.29 is 24.0 Å². The van der Waals surface area contributed by atoms with Gasteiger partial charge in [0.1, 0.15) is 0 Å². The van der Waals surface area contributed by atoms with Crippen molar-refractivity contribution in [3.8, 4) is 0 Å². The molecule has 4 amide bonds. The lowest BCUT2D eigenvalue weighted by Crippen LogP contribution is -2.45. The third-order valence-corrected chi connectivity index (χ3v) is 9.87. The van der Waals surface area contributed by atoms with Crippen molar-refractivity contribution >= 4 is 51.0 Å². The Bertz CT molecular complexity index is 2550. The number of imide groups is 2. The fourth-order valence-corrected chi connectivity index (χ4v) is 7.34. The van der Waals surface area contributed by atoms with E-state index in [0.717, 1.165) is 0 Å². The van der Waals surface area contributed by atoms with E-state index < -0.39 is 62.0 Å². The van der Waals surface area contributed by atoms with Gasteiger partial charge in [-0.1, -0.05) is 12.1 Å². The van der Waals surface area contributed by atoms with Crippen molar-refractivity contribution in [2.24, 2.45) is 0 Å². The maximum Gasteiger partial charge on any atom is 0.262 e. The molecular formula is C43H44N4O9. The number of carbonyl (C=O) groups excluding carboxylic acids is 5. The molecule has 0 spiro atoms. The van der Waals surface area contributed by atoms with Gasteiger partial charge in [-0.15, -0.1) is 0 Å². The lowest BCUT2D eigenvalue weighted by molar-refractivity contribution is 0.0489. The first-order chi connectivity index (χ1) is 25.6. The minimum absolute atomic E-state index is 0.182. The van der Waals surface area contributed by atoms with Crippen LogP contribution in [0.25, 0.3) is 21.5 Å². The minimum atomic E-state index is -0.691. The molecule has 0 bridgehead atoms. The maximum atomic E-state index is 13.2. The van der Waals surface area contributed by atoms with Gasteiger partial charge in [0.25, 0.3) is 45.9 Å². The van der Waals surface area contributed by atoms with E-state index in [1.165, 1.54) is 67.5 Å². The first-order valence-corrected chi connectivity index (χ1v) is 18.2. The second-order valence-electron chi connectivity index (χ2n) is 18.3. The monoisotopic (exact) mass is 760 g/mol. The fourth-order valence-electron chi connectivity index (χ4n) is 7.34. The van der Waals surface area contributed by atoms with Crippen LogP contribution in [0.4, 0.5) is 0 Å². The average molecular weight is 761 g/mol. The fraction of sp³-hybridized carbons (Fsp3) is 0.372. The van der Waals surface area contributed by atoms with Crippen molar-refractivity contribution in [2.75, 3.05) is 0 Å². The summed E-state index contributed by atoms with van der Waals surface area (Å²) in [6, 6.07) is 11.6. The number of rotatable bonds is 2. The van der Waals surface area contributed by atoms with Gasteiger partial charge in [-0.25, -0.2) is 0 Å². The lowest BCUT2D eigenvalue weighted by atomic mass is 9.96. The van der Waals surface area contributed by atoms with Gasteiger partial charge in [-0.2, -0.15) is 0 Å². The first kappa shape index (κ1) is 39.6. The molecule has 290 valence electrons. The zero-order valence-electron chi connectivity index (χ0n) is 33.6. The van der Waals surface area contributed by atoms with E-state index in [2.05, 4.69) is 0 Å². The highest BCUT2D eigenvalue weighted by Gasteiger charge is 2.44. The number of carbonyl (C=O) groups is 5. The molecule has 56 heavy (non-hydrogen) atoms. The van der Waals surface area contributed by atoms with E-state index >= 15 is 0 Å². The third-order valence-electron chi connectivity index (χ3n) is 9.87. The van der Waals surface area contributed by atoms with E-state index in [-0.39, 0.29) is 66.7 Å². The van der Waals surface area contributed by atoms with Gasteiger partial charge in [-0.3, -0.25) is 62.1 Å². The maximum absolute atomic E-state index is 13.2. The van der Waals surface area contributed by atoms with E-state index in [0.29, 0.717) is 0 Å². The van der Waals surface area contributed by atoms with Gasteiger partial charge < -0.3 is 0 Å². The van der Waals surface area contributed by atoms with Crippen molar-refractivity contribution in [2.45, 2.75) is 105 Å². The summed E-state index contributed by atoms with van der Waals surface area (Å²) in [5.41, 5.74) is -3.12. The summed E-state index contributed by atoms with van der Waals surface area (Å²) in [5, 5.41) is 0.743. The van der Waals surface area contributed by atoms with Crippen LogP contribution < -0.4 is 22.2 Å². The molecule has 2 aliphatic rings. The van der Waals surface area contributed by atoms with Crippen molar-refractivity contribution in [1.29, 1.82) is 0 Å². The highest BCUT2D eigenvalue weighted by molar-refractivity contribution is 6.24. The van der Waals surface area contributed by atoms with E-state index in [4.69, 9.17) is 0 Å². The summed E-state index contributed by atoms with van der Waals surface area (Å²) in [4.78, 5) is 117. The lowest BCUT2D eigenvalue weighted by Gasteiger charge is -2.29. The van der Waals surface area contributed by atoms with E-state index in [9.17, 15) is 43.2 Å². The number of ketones is 1. The SMILES string of the molecule is CC(C)(C)N1C(=O)c2ccc(C(=O)c3ccc4c(c3)C(=O)N(C(C)(C)C)C4=O)cc2C1=O.CC(C)(C)n1c(=O)c2cc3c(=O)n(C(C)(C)C)c(=O)c3cc2c1=O. The van der Waals surface area contributed by atoms with Crippen molar-refractivity contribution in [3.05, 3.63) is 123 Å². The molecule has 2 aromatic heterocycles. The topological polar surface area (TPSA) is 170 Å². The summed E-state index contributed by atoms with van der Waals surface area (Å²) in [6.07, 6.45) is 0. The van der Waals surface area contributed by atoms with Crippen LogP contribution in [0.2, 0.25) is 0 Å². The number of fused-ring (bicyclic) bond motifs is 4. The van der Waals surface area contributed by atoms with Gasteiger partial charge >= 0.3 is 0 Å². The Morgan fingerprint density at radius 2 is 0.643 bits per heavy atom. The molecule has 13 heteroatoms. The Morgan fingerprint density at radius 1 is 0.375 bits per heavy atom. The van der Waals surface area contributed by atoms with Crippen molar-refractivity contribution in [3.63, 3.8) is 0 Å². The summed E-state index contributed by atoms with van der Waals surface area (Å²) >= 11 is 0. The molecule has 0 aliphatic carbocycles. The Morgan fingerprint density at radius 3 is 0.893 bits per heavy atom. The summed E-state index contributed by atoms with van der Waals surface area (Å²) in [6.45, 7) is 21.2. The molecule has 0 saturated carbocycles. The normalized spacial score (nSPS) is 14.9. The molecule has 0 atom stereocenters. The average Bonchev–Trinajstić information content (AvgIpc) is 3.68. The second kappa shape index (κ2) is 12.5. The van der Waals surface area contributed by atoms with Crippen LogP contribution >= 0.6 is 0 Å². The van der Waals surface area contributed by atoms with Gasteiger partial charge in [0.05, 0.1) is 43.8 Å². The summed E-state index contributed by atoms with van der Waals surface area (Å²) in [7, 11) is 0. The number of hydrogen-bond acceptors (Lipinski definition) is 9. The molecule has 2 aliphatic heterocycles. The Kier molecular flexibility index (Phi) is 8.80. The molecule has 0 unspecified atom stereocenters. The van der Waals surface area contributed by atoms with Gasteiger partial charge in [0.2, 0.25) is 0 Å². The van der Waals surface area contributed by atoms with Crippen LogP contribution in [-0.2, 0) is 11.1 Å². The standard InChI is InChI=1S/C25H24N2O5.C18H20N2O4/c1-24(2,3)26-20(29)15-9-7-13(11-17(15)22(26)31)19(28)14-8-10-16-18(12-14)23(32)27(21(16)30)25(4,5)6;1-17(2,3)19-13(21)9-7-11-12(8-10(9)14(19)22)16(24)20(15(11)23)18(4,5)6/h7-12H,1-6H3;7-8H,1-6H3. The number of nitrogens with zero attached hydrogens (tertiary/aromatic N) is 4. The minimum Gasteiger partial charge on any atom is -0.289 e. The molecule has 0 radical (unpaired) electrons. The predicted molar refractivity (Wildman–Crippen MR) is 212 cm³/mol. The quantitative estimate of drug-likeness (QED) is 0.175. The molecular weight excluding hydrogens is 716 g/mol. The number of hydrogen-bond donors (Lipinski definition) is 0. The second-order valence-corrected chi connectivity index (χ2v) is 18.3. The molecule has 4 heterocycles. The van der Waals surface area contributed by atoms with Crippen LogP contribution in [0, 0.1) is 0 Å². The van der Waals surface area contributed by atoms with Crippen LogP contribution in [0.5, 0.6) is 0 Å². The number of amides is 4. The number of benzene rings is 3. The largest absolute Gasteiger partial charge is 0.289 e. The molecule has 7 rings (SSSR count). The predicted octanol–water partition coefficient (Wildman–Crippen LogP) is 5.13. The van der Waals surface area contributed by atoms with E-state index in [1.54, 1.807) is 83.1 Å². The Hall–Kier alpha value is -6.11. The third kappa shape index (κ3) is 6.05. The summed E-state index contributed by atoms with van der Waals surface area (Å²) < 4.78 is 2.34. The van der Waals surface area contributed by atoms with Crippen LogP contribution in [0.15, 0.2) is 67.7 Å². The van der Waals surface area contributed by atoms with Gasteiger partial charge in [-0.05, 0) is 119 Å². The van der Waals surface area contributed by atoms with Crippen LogP contribution in [0.3, 0.4) is 0 Å². The van der Waals surface area contributed by atoms with Crippen molar-refractivity contribution in [1.82, 2.24) is 18.9 Å². The smallest absolute Gasteiger partial charge is 0.262 e. The zero-order valence-corrected chi connectivity index (χ0v) is 33.6. The Balaban J connectivity index is 0.000000198. The van der Waals surface area contributed by atoms with E-state index in [1.807, 2.05) is 0 Å². The summed E-state index contributed by atoms with van der Waals surface area (Å²) in [5.74, 6) is -2.06. The highest BCUT2D eigenvalue weighted by atomic mass is 16.2. The molecule has 0 N–H and O–H groups in total.